The molecule has 0 fully saturated rings. The maximum Gasteiger partial charge on any atom is 0.254 e. The number of aliphatic hydroxyl groups excluding tert-OH is 1. The van der Waals surface area contributed by atoms with Gasteiger partial charge in [0.05, 0.1) is 17.3 Å². The van der Waals surface area contributed by atoms with E-state index in [2.05, 4.69) is 10.4 Å². The molecule has 0 aliphatic heterocycles. The minimum Gasteiger partial charge on any atom is -0.491 e. The second-order valence-corrected chi connectivity index (χ2v) is 6.84. The molecule has 2 N–H and O–H groups in total. The van der Waals surface area contributed by atoms with Crippen LogP contribution in [0.25, 0.3) is 0 Å². The summed E-state index contributed by atoms with van der Waals surface area (Å²) < 4.78 is 7.25. The van der Waals surface area contributed by atoms with E-state index in [4.69, 9.17) is 4.74 Å². The van der Waals surface area contributed by atoms with Crippen LogP contribution in [-0.2, 0) is 5.54 Å². The van der Waals surface area contributed by atoms with E-state index in [-0.39, 0.29) is 24.6 Å². The number of aromatic nitrogens is 2. The summed E-state index contributed by atoms with van der Waals surface area (Å²) in [6.45, 7) is 8.23. The second kappa shape index (κ2) is 7.49. The standard InChI is InChI=1S/C18H25N3O3/c1-13-6-5-7-16(8-13)24-12-15(22)10-19-17(23)14-9-20-21(11-14)18(2,3)4/h5-9,11,15,22H,10,12H2,1-4H3,(H,19,23). The highest BCUT2D eigenvalue weighted by molar-refractivity contribution is 5.93. The van der Waals surface area contributed by atoms with E-state index >= 15 is 0 Å². The lowest BCUT2D eigenvalue weighted by atomic mass is 10.1. The van der Waals surface area contributed by atoms with Crippen molar-refractivity contribution in [1.29, 1.82) is 0 Å². The third-order valence-electron chi connectivity index (χ3n) is 3.46. The fourth-order valence-electron chi connectivity index (χ4n) is 2.08. The van der Waals surface area contributed by atoms with Gasteiger partial charge in [0.1, 0.15) is 18.5 Å². The normalized spacial score (nSPS) is 12.7. The largest absolute Gasteiger partial charge is 0.491 e. The summed E-state index contributed by atoms with van der Waals surface area (Å²) in [4.78, 5) is 12.1. The summed E-state index contributed by atoms with van der Waals surface area (Å²) in [5, 5.41) is 16.8. The summed E-state index contributed by atoms with van der Waals surface area (Å²) in [6.07, 6.45) is 2.44. The highest BCUT2D eigenvalue weighted by Crippen LogP contribution is 2.13. The Balaban J connectivity index is 1.79. The summed E-state index contributed by atoms with van der Waals surface area (Å²) in [6, 6.07) is 7.60. The van der Waals surface area contributed by atoms with E-state index in [1.165, 1.54) is 6.20 Å². The molecular formula is C18H25N3O3. The number of aryl methyl sites for hydroxylation is 1. The molecule has 6 nitrogen and oxygen atoms in total. The van der Waals surface area contributed by atoms with Gasteiger partial charge in [-0.15, -0.1) is 0 Å². The van der Waals surface area contributed by atoms with E-state index in [9.17, 15) is 9.90 Å². The third-order valence-corrected chi connectivity index (χ3v) is 3.46. The van der Waals surface area contributed by atoms with Crippen LogP contribution in [0.2, 0.25) is 0 Å². The first kappa shape index (κ1) is 18.0. The Morgan fingerprint density at radius 2 is 2.17 bits per heavy atom. The average Bonchev–Trinajstić information content (AvgIpc) is 3.01. The molecule has 0 spiro atoms. The van der Waals surface area contributed by atoms with Crippen molar-refractivity contribution in [3.05, 3.63) is 47.8 Å². The minimum atomic E-state index is -0.785. The predicted molar refractivity (Wildman–Crippen MR) is 92.2 cm³/mol. The number of carbonyl (C=O) groups is 1. The number of nitrogens with one attached hydrogen (secondary N) is 1. The van der Waals surface area contributed by atoms with Gasteiger partial charge in [-0.05, 0) is 45.4 Å². The Hall–Kier alpha value is -2.34. The number of hydrogen-bond donors (Lipinski definition) is 2. The van der Waals surface area contributed by atoms with Gasteiger partial charge in [0.2, 0.25) is 0 Å². The lowest BCUT2D eigenvalue weighted by Crippen LogP contribution is -2.35. The SMILES string of the molecule is Cc1cccc(OCC(O)CNC(=O)c2cnn(C(C)(C)C)c2)c1. The number of ether oxygens (including phenoxy) is 1. The van der Waals surface area contributed by atoms with Crippen LogP contribution in [0.15, 0.2) is 36.7 Å². The second-order valence-electron chi connectivity index (χ2n) is 6.84. The summed E-state index contributed by atoms with van der Waals surface area (Å²) in [7, 11) is 0. The van der Waals surface area contributed by atoms with Gasteiger partial charge in [-0.25, -0.2) is 0 Å². The average molecular weight is 331 g/mol. The van der Waals surface area contributed by atoms with Crippen LogP contribution in [0.1, 0.15) is 36.7 Å². The summed E-state index contributed by atoms with van der Waals surface area (Å²) in [5.74, 6) is 0.437. The molecule has 1 aromatic heterocycles. The lowest BCUT2D eigenvalue weighted by Gasteiger charge is -2.18. The maximum absolute atomic E-state index is 12.1. The van der Waals surface area contributed by atoms with Gasteiger partial charge in [-0.3, -0.25) is 9.48 Å². The monoisotopic (exact) mass is 331 g/mol. The molecule has 2 rings (SSSR count). The number of aliphatic hydroxyl groups is 1. The molecular weight excluding hydrogens is 306 g/mol. The van der Waals surface area contributed by atoms with Crippen molar-refractivity contribution in [2.75, 3.05) is 13.2 Å². The first-order valence-electron chi connectivity index (χ1n) is 7.96. The molecule has 1 unspecified atom stereocenters. The van der Waals surface area contributed by atoms with Crippen LogP contribution in [0.4, 0.5) is 0 Å². The van der Waals surface area contributed by atoms with Crippen molar-refractivity contribution < 1.29 is 14.6 Å². The van der Waals surface area contributed by atoms with Gasteiger partial charge in [0.15, 0.2) is 0 Å². The van der Waals surface area contributed by atoms with Gasteiger partial charge < -0.3 is 15.2 Å². The van der Waals surface area contributed by atoms with Crippen LogP contribution in [0, 0.1) is 6.92 Å². The fraction of sp³-hybridized carbons (Fsp3) is 0.444. The first-order valence-corrected chi connectivity index (χ1v) is 7.96. The number of nitrogens with zero attached hydrogens (tertiary/aromatic N) is 2. The Labute approximate surface area is 142 Å². The number of rotatable bonds is 6. The Morgan fingerprint density at radius 1 is 1.42 bits per heavy atom. The molecule has 0 aliphatic carbocycles. The van der Waals surface area contributed by atoms with Gasteiger partial charge in [0, 0.05) is 12.7 Å². The van der Waals surface area contributed by atoms with Gasteiger partial charge in [0.25, 0.3) is 5.91 Å². The first-order chi connectivity index (χ1) is 11.3. The number of carbonyl (C=O) groups excluding carboxylic acids is 1. The van der Waals surface area contributed by atoms with Crippen molar-refractivity contribution in [3.8, 4) is 5.75 Å². The topological polar surface area (TPSA) is 76.4 Å². The van der Waals surface area contributed by atoms with E-state index < -0.39 is 6.10 Å². The summed E-state index contributed by atoms with van der Waals surface area (Å²) >= 11 is 0. The molecule has 1 atom stereocenters. The van der Waals surface area contributed by atoms with Crippen LogP contribution < -0.4 is 10.1 Å². The number of benzene rings is 1. The Morgan fingerprint density at radius 3 is 2.79 bits per heavy atom. The van der Waals surface area contributed by atoms with Crippen molar-refractivity contribution >= 4 is 5.91 Å². The zero-order valence-electron chi connectivity index (χ0n) is 14.6. The van der Waals surface area contributed by atoms with E-state index in [0.29, 0.717) is 11.3 Å². The number of amides is 1. The molecule has 1 amide bonds. The van der Waals surface area contributed by atoms with E-state index in [0.717, 1.165) is 5.56 Å². The molecule has 1 heterocycles. The fourth-order valence-corrected chi connectivity index (χ4v) is 2.08. The van der Waals surface area contributed by atoms with Gasteiger partial charge in [-0.1, -0.05) is 12.1 Å². The van der Waals surface area contributed by atoms with Crippen LogP contribution in [0.5, 0.6) is 5.75 Å². The Kier molecular flexibility index (Phi) is 5.62. The molecule has 24 heavy (non-hydrogen) atoms. The zero-order chi connectivity index (χ0) is 17.7. The predicted octanol–water partition coefficient (Wildman–Crippen LogP) is 2.12. The summed E-state index contributed by atoms with van der Waals surface area (Å²) in [5.41, 5.74) is 1.38. The van der Waals surface area contributed by atoms with Crippen LogP contribution in [-0.4, -0.2) is 40.0 Å². The van der Waals surface area contributed by atoms with Crippen molar-refractivity contribution in [2.24, 2.45) is 0 Å². The number of hydrogen-bond acceptors (Lipinski definition) is 4. The smallest absolute Gasteiger partial charge is 0.254 e. The maximum atomic E-state index is 12.1. The van der Waals surface area contributed by atoms with E-state index in [1.54, 1.807) is 10.9 Å². The van der Waals surface area contributed by atoms with E-state index in [1.807, 2.05) is 52.0 Å². The molecule has 130 valence electrons. The van der Waals surface area contributed by atoms with Gasteiger partial charge >= 0.3 is 0 Å². The molecule has 0 saturated carbocycles. The molecule has 0 saturated heterocycles. The zero-order valence-corrected chi connectivity index (χ0v) is 14.6. The molecule has 2 aromatic rings. The minimum absolute atomic E-state index is 0.116. The Bertz CT molecular complexity index is 689. The molecule has 1 aromatic carbocycles. The molecule has 0 aliphatic rings. The highest BCUT2D eigenvalue weighted by Gasteiger charge is 2.17. The van der Waals surface area contributed by atoms with Crippen LogP contribution in [0.3, 0.4) is 0 Å². The highest BCUT2D eigenvalue weighted by atomic mass is 16.5. The van der Waals surface area contributed by atoms with Crippen molar-refractivity contribution in [2.45, 2.75) is 39.3 Å². The van der Waals surface area contributed by atoms with Crippen molar-refractivity contribution in [3.63, 3.8) is 0 Å². The van der Waals surface area contributed by atoms with Crippen molar-refractivity contribution in [1.82, 2.24) is 15.1 Å². The molecule has 0 bridgehead atoms. The lowest BCUT2D eigenvalue weighted by molar-refractivity contribution is 0.0843. The van der Waals surface area contributed by atoms with Gasteiger partial charge in [-0.2, -0.15) is 5.10 Å². The molecule has 6 heteroatoms. The quantitative estimate of drug-likeness (QED) is 0.850. The van der Waals surface area contributed by atoms with Crippen LogP contribution >= 0.6 is 0 Å². The molecule has 0 radical (unpaired) electrons. The third kappa shape index (κ3) is 5.09.